The lowest BCUT2D eigenvalue weighted by molar-refractivity contribution is -0.302. The van der Waals surface area contributed by atoms with Gasteiger partial charge in [-0.05, 0) is 55.4 Å². The summed E-state index contributed by atoms with van der Waals surface area (Å²) in [7, 11) is 0. The molecule has 2 heterocycles. The molecule has 0 spiro atoms. The summed E-state index contributed by atoms with van der Waals surface area (Å²) in [6, 6.07) is 0. The Morgan fingerprint density at radius 1 is 0.654 bits per heavy atom. The van der Waals surface area contributed by atoms with Crippen LogP contribution in [0.4, 0.5) is 4.79 Å². The van der Waals surface area contributed by atoms with Crippen LogP contribution in [0.3, 0.4) is 0 Å². The van der Waals surface area contributed by atoms with Gasteiger partial charge in [0.2, 0.25) is 0 Å². The van der Waals surface area contributed by atoms with Crippen LogP contribution in [0.25, 0.3) is 0 Å². The van der Waals surface area contributed by atoms with Crippen molar-refractivity contribution in [3.8, 4) is 0 Å². The number of carbonyl (C=O) groups is 1. The van der Waals surface area contributed by atoms with Crippen LogP contribution in [0.15, 0.2) is 0 Å². The summed E-state index contributed by atoms with van der Waals surface area (Å²) >= 11 is 0. The van der Waals surface area contributed by atoms with E-state index < -0.39 is 28.3 Å². The summed E-state index contributed by atoms with van der Waals surface area (Å²) in [4.78, 5) is 12.4. The number of piperidine rings is 2. The Morgan fingerprint density at radius 3 is 1.12 bits per heavy atom. The standard InChI is InChI=1S/C19H34N2O5/c1-16(2)9-13(10-17(3,4)20(16)23)25-15(22)26-14-11-18(5,6)21(24)19(7,8)12-14/h13-14H,9-12H2,1-8H3. The molecule has 2 rings (SSSR count). The monoisotopic (exact) mass is 370 g/mol. The molecule has 0 aliphatic carbocycles. The van der Waals surface area contributed by atoms with Crippen LogP contribution in [0.1, 0.15) is 81.1 Å². The minimum absolute atomic E-state index is 0.363. The van der Waals surface area contributed by atoms with Crippen LogP contribution in [0.5, 0.6) is 0 Å². The molecular weight excluding hydrogens is 336 g/mol. The van der Waals surface area contributed by atoms with E-state index in [-0.39, 0.29) is 12.2 Å². The lowest BCUT2D eigenvalue weighted by atomic mass is 9.80. The highest BCUT2D eigenvalue weighted by Gasteiger charge is 2.49. The van der Waals surface area contributed by atoms with E-state index in [1.165, 1.54) is 0 Å². The van der Waals surface area contributed by atoms with Gasteiger partial charge in [-0.3, -0.25) is 0 Å². The van der Waals surface area contributed by atoms with E-state index in [4.69, 9.17) is 9.47 Å². The zero-order valence-electron chi connectivity index (χ0n) is 17.4. The van der Waals surface area contributed by atoms with Crippen molar-refractivity contribution in [2.75, 3.05) is 0 Å². The zero-order chi connectivity index (χ0) is 20.1. The zero-order valence-corrected chi connectivity index (χ0v) is 17.4. The quantitative estimate of drug-likeness (QED) is 0.689. The molecule has 0 atom stereocenters. The molecule has 26 heavy (non-hydrogen) atoms. The fourth-order valence-electron chi connectivity index (χ4n) is 4.81. The highest BCUT2D eigenvalue weighted by atomic mass is 16.7. The van der Waals surface area contributed by atoms with E-state index in [0.29, 0.717) is 25.7 Å². The number of carbonyl (C=O) groups excluding carboxylic acids is 1. The van der Waals surface area contributed by atoms with Crippen LogP contribution in [-0.4, -0.2) is 50.6 Å². The summed E-state index contributed by atoms with van der Waals surface area (Å²) in [5.74, 6) is 0. The fourth-order valence-corrected chi connectivity index (χ4v) is 4.81. The predicted octanol–water partition coefficient (Wildman–Crippen LogP) is 3.87. The Hall–Kier alpha value is -0.890. The van der Waals surface area contributed by atoms with Gasteiger partial charge in [-0.25, -0.2) is 4.79 Å². The molecule has 0 unspecified atom stereocenters. The van der Waals surface area contributed by atoms with Crippen molar-refractivity contribution in [1.29, 1.82) is 0 Å². The smallest absolute Gasteiger partial charge is 0.431 e. The molecule has 0 aromatic heterocycles. The van der Waals surface area contributed by atoms with Crippen molar-refractivity contribution in [2.24, 2.45) is 0 Å². The fraction of sp³-hybridized carbons (Fsp3) is 0.947. The van der Waals surface area contributed by atoms with Gasteiger partial charge < -0.3 is 9.47 Å². The molecule has 2 radical (unpaired) electrons. The van der Waals surface area contributed by atoms with Crippen LogP contribution >= 0.6 is 0 Å². The van der Waals surface area contributed by atoms with Gasteiger partial charge in [-0.2, -0.15) is 0 Å². The van der Waals surface area contributed by atoms with E-state index in [1.54, 1.807) is 0 Å². The SMILES string of the molecule is CC1(C)CC(OC(=O)OC2CC(C)(C)N([O])C(C)(C)C2)CC(C)(C)N1[O]. The Bertz CT molecular complexity index is 462. The minimum Gasteiger partial charge on any atom is -0.431 e. The molecule has 150 valence electrons. The van der Waals surface area contributed by atoms with E-state index in [1.807, 2.05) is 55.4 Å². The molecule has 0 aromatic rings. The summed E-state index contributed by atoms with van der Waals surface area (Å²) < 4.78 is 11.1. The van der Waals surface area contributed by atoms with E-state index in [0.717, 1.165) is 10.1 Å². The number of nitrogens with zero attached hydrogens (tertiary/aromatic N) is 2. The van der Waals surface area contributed by atoms with Crippen molar-refractivity contribution in [1.82, 2.24) is 10.1 Å². The van der Waals surface area contributed by atoms with Gasteiger partial charge in [0.1, 0.15) is 12.2 Å². The number of hydrogen-bond donors (Lipinski definition) is 0. The molecule has 2 saturated heterocycles. The van der Waals surface area contributed by atoms with E-state index in [2.05, 4.69) is 0 Å². The lowest BCUT2D eigenvalue weighted by Gasteiger charge is -2.50. The largest absolute Gasteiger partial charge is 0.508 e. The summed E-state index contributed by atoms with van der Waals surface area (Å²) in [6.45, 7) is 14.9. The average molecular weight is 370 g/mol. The maximum Gasteiger partial charge on any atom is 0.508 e. The van der Waals surface area contributed by atoms with Gasteiger partial charge in [0, 0.05) is 47.8 Å². The number of rotatable bonds is 2. The third kappa shape index (κ3) is 4.32. The number of ether oxygens (including phenoxy) is 2. The second-order valence-electron chi connectivity index (χ2n) is 10.4. The second kappa shape index (κ2) is 6.62. The van der Waals surface area contributed by atoms with E-state index >= 15 is 0 Å². The van der Waals surface area contributed by atoms with Gasteiger partial charge in [-0.1, -0.05) is 0 Å². The third-order valence-corrected chi connectivity index (χ3v) is 5.63. The summed E-state index contributed by atoms with van der Waals surface area (Å²) in [5, 5.41) is 27.0. The van der Waals surface area contributed by atoms with Crippen molar-refractivity contribution in [2.45, 2.75) is 115 Å². The average Bonchev–Trinajstić information content (AvgIpc) is 2.40. The van der Waals surface area contributed by atoms with Crippen LogP contribution in [-0.2, 0) is 19.9 Å². The number of hydroxylamine groups is 4. The van der Waals surface area contributed by atoms with Crippen LogP contribution in [0.2, 0.25) is 0 Å². The molecule has 0 bridgehead atoms. The Labute approximate surface area is 157 Å². The van der Waals surface area contributed by atoms with Gasteiger partial charge in [-0.15, -0.1) is 20.5 Å². The molecule has 2 aliphatic heterocycles. The predicted molar refractivity (Wildman–Crippen MR) is 95.0 cm³/mol. The molecule has 2 fully saturated rings. The maximum atomic E-state index is 12.4. The van der Waals surface area contributed by atoms with Gasteiger partial charge in [0.15, 0.2) is 0 Å². The second-order valence-corrected chi connectivity index (χ2v) is 10.4. The van der Waals surface area contributed by atoms with Crippen molar-refractivity contribution in [3.05, 3.63) is 0 Å². The molecule has 0 aromatic carbocycles. The van der Waals surface area contributed by atoms with Crippen LogP contribution in [0, 0.1) is 0 Å². The first kappa shape index (κ1) is 21.4. The third-order valence-electron chi connectivity index (χ3n) is 5.63. The van der Waals surface area contributed by atoms with Gasteiger partial charge >= 0.3 is 6.16 Å². The van der Waals surface area contributed by atoms with E-state index in [9.17, 15) is 15.2 Å². The normalized spacial score (nSPS) is 29.3. The Kier molecular flexibility index (Phi) is 5.45. The Balaban J connectivity index is 1.99. The van der Waals surface area contributed by atoms with Gasteiger partial charge in [0.05, 0.1) is 0 Å². The molecule has 0 saturated carbocycles. The van der Waals surface area contributed by atoms with Crippen molar-refractivity contribution < 1.29 is 24.7 Å². The molecule has 7 nitrogen and oxygen atoms in total. The van der Waals surface area contributed by atoms with Crippen LogP contribution < -0.4 is 0 Å². The molecule has 0 N–H and O–H groups in total. The summed E-state index contributed by atoms with van der Waals surface area (Å²) in [5.41, 5.74) is -2.43. The highest BCUT2D eigenvalue weighted by molar-refractivity contribution is 5.60. The summed E-state index contributed by atoms with van der Waals surface area (Å²) in [6.07, 6.45) is 0.417. The topological polar surface area (TPSA) is 81.8 Å². The minimum atomic E-state index is -0.711. The molecule has 7 heteroatoms. The maximum absolute atomic E-state index is 12.4. The first-order valence-corrected chi connectivity index (χ1v) is 9.39. The van der Waals surface area contributed by atoms with Gasteiger partial charge in [0.25, 0.3) is 0 Å². The molecular formula is C19H34N2O5. The number of hydrogen-bond acceptors (Lipinski definition) is 5. The van der Waals surface area contributed by atoms with Crippen molar-refractivity contribution in [3.63, 3.8) is 0 Å². The first-order valence-electron chi connectivity index (χ1n) is 9.39. The highest BCUT2D eigenvalue weighted by Crippen LogP contribution is 2.40. The molecule has 0 amide bonds. The molecule has 2 aliphatic rings. The Morgan fingerprint density at radius 2 is 0.885 bits per heavy atom. The lowest BCUT2D eigenvalue weighted by Crippen LogP contribution is -2.60. The first-order chi connectivity index (χ1) is 11.6. The van der Waals surface area contributed by atoms with Crippen molar-refractivity contribution >= 4 is 6.16 Å².